The van der Waals surface area contributed by atoms with Gasteiger partial charge in [0.2, 0.25) is 0 Å². The molecule has 0 aromatic heterocycles. The summed E-state index contributed by atoms with van der Waals surface area (Å²) in [7, 11) is 0. The van der Waals surface area contributed by atoms with E-state index in [4.69, 9.17) is 21.1 Å². The first-order chi connectivity index (χ1) is 17.8. The van der Waals surface area contributed by atoms with Crippen LogP contribution in [-0.2, 0) is 17.9 Å². The van der Waals surface area contributed by atoms with Gasteiger partial charge in [-0.25, -0.2) is 0 Å². The normalized spacial score (nSPS) is 14.4. The number of ether oxygens (including phenoxy) is 2. The van der Waals surface area contributed by atoms with Crippen LogP contribution in [0.5, 0.6) is 11.5 Å². The fourth-order valence-electron chi connectivity index (χ4n) is 3.53. The predicted octanol–water partition coefficient (Wildman–Crippen LogP) is 7.07. The quantitative estimate of drug-likeness (QED) is 0.106. The number of carbonyl (C=O) groups excluding carboxylic acids is 2. The summed E-state index contributed by atoms with van der Waals surface area (Å²) >= 11 is 9.23. The lowest BCUT2D eigenvalue weighted by Crippen LogP contribution is -2.27. The van der Waals surface area contributed by atoms with Gasteiger partial charge in [-0.1, -0.05) is 41.9 Å². The molecule has 1 saturated heterocycles. The molecule has 11 heteroatoms. The molecule has 4 rings (SSSR count). The fraction of sp³-hybridized carbons (Fsp3) is 0.154. The van der Waals surface area contributed by atoms with Crippen LogP contribution in [0.4, 0.5) is 10.5 Å². The number of nitrogens with zero attached hydrogens (tertiary/aromatic N) is 2. The molecule has 1 fully saturated rings. The summed E-state index contributed by atoms with van der Waals surface area (Å²) in [5.74, 6) is 0.643. The molecule has 0 unspecified atom stereocenters. The van der Waals surface area contributed by atoms with Crippen molar-refractivity contribution in [1.29, 1.82) is 0 Å². The Hall–Kier alpha value is -3.09. The van der Waals surface area contributed by atoms with Crippen LogP contribution >= 0.6 is 46.0 Å². The molecule has 0 atom stereocenters. The molecule has 3 aromatic rings. The van der Waals surface area contributed by atoms with Crippen LogP contribution in [0, 0.1) is 13.7 Å². The molecule has 1 aliphatic rings. The van der Waals surface area contributed by atoms with Crippen molar-refractivity contribution in [2.24, 2.45) is 0 Å². The Morgan fingerprint density at radius 1 is 1.11 bits per heavy atom. The molecule has 190 valence electrons. The molecule has 0 bridgehead atoms. The van der Waals surface area contributed by atoms with Gasteiger partial charge in [-0.05, 0) is 76.7 Å². The lowest BCUT2D eigenvalue weighted by atomic mass is 10.1. The highest BCUT2D eigenvalue weighted by Crippen LogP contribution is 2.38. The number of nitro groups is 1. The van der Waals surface area contributed by atoms with Gasteiger partial charge < -0.3 is 9.47 Å². The second kappa shape index (κ2) is 12.0. The molecule has 8 nitrogen and oxygen atoms in total. The molecule has 0 radical (unpaired) electrons. The highest BCUT2D eigenvalue weighted by molar-refractivity contribution is 14.1. The van der Waals surface area contributed by atoms with Crippen LogP contribution in [0.3, 0.4) is 0 Å². The number of hydrogen-bond donors (Lipinski definition) is 0. The second-order valence-electron chi connectivity index (χ2n) is 7.83. The topological polar surface area (TPSA) is 99.0 Å². The zero-order chi connectivity index (χ0) is 26.5. The third-order valence-corrected chi connectivity index (χ3v) is 7.40. The Labute approximate surface area is 235 Å². The number of non-ortho nitro benzene ring substituents is 1. The van der Waals surface area contributed by atoms with Gasteiger partial charge in [0, 0.05) is 22.7 Å². The number of amides is 2. The maximum atomic E-state index is 13.0. The van der Waals surface area contributed by atoms with E-state index in [1.54, 1.807) is 18.2 Å². The van der Waals surface area contributed by atoms with Crippen LogP contribution in [0.1, 0.15) is 23.6 Å². The van der Waals surface area contributed by atoms with Crippen molar-refractivity contribution in [1.82, 2.24) is 4.90 Å². The van der Waals surface area contributed by atoms with Crippen LogP contribution in [0.25, 0.3) is 6.08 Å². The summed E-state index contributed by atoms with van der Waals surface area (Å²) in [6.45, 7) is 2.56. The smallest absolute Gasteiger partial charge is 0.293 e. The van der Waals surface area contributed by atoms with Crippen LogP contribution < -0.4 is 9.47 Å². The van der Waals surface area contributed by atoms with E-state index in [1.165, 1.54) is 24.3 Å². The summed E-state index contributed by atoms with van der Waals surface area (Å²) in [4.78, 5) is 37.3. The SMILES string of the molecule is CCOc1cc(/C=C2\SC(=O)N(Cc3ccc([N+](=O)[O-])cc3)C2=O)cc(I)c1OCc1ccccc1Cl. The van der Waals surface area contributed by atoms with Gasteiger partial charge >= 0.3 is 0 Å². The number of imide groups is 1. The maximum absolute atomic E-state index is 13.0. The molecular formula is C26H20ClIN2O6S. The average molecular weight is 651 g/mol. The first kappa shape index (κ1) is 27.0. The predicted molar refractivity (Wildman–Crippen MR) is 151 cm³/mol. The van der Waals surface area contributed by atoms with Gasteiger partial charge in [0.1, 0.15) is 6.61 Å². The van der Waals surface area contributed by atoms with E-state index < -0.39 is 16.1 Å². The zero-order valence-electron chi connectivity index (χ0n) is 19.5. The highest BCUT2D eigenvalue weighted by Gasteiger charge is 2.35. The first-order valence-electron chi connectivity index (χ1n) is 11.1. The lowest BCUT2D eigenvalue weighted by Gasteiger charge is -2.15. The van der Waals surface area contributed by atoms with Gasteiger partial charge in [-0.3, -0.25) is 24.6 Å². The lowest BCUT2D eigenvalue weighted by molar-refractivity contribution is -0.384. The summed E-state index contributed by atoms with van der Waals surface area (Å²) in [6.07, 6.45) is 1.64. The Morgan fingerprint density at radius 3 is 2.51 bits per heavy atom. The van der Waals surface area contributed by atoms with E-state index in [2.05, 4.69) is 22.6 Å². The number of nitro benzene ring substituents is 1. The standard InChI is InChI=1S/C26H20ClIN2O6S/c1-2-35-22-12-17(11-21(28)24(22)36-15-18-5-3-4-6-20(18)27)13-23-25(31)29(26(32)37-23)14-16-7-9-19(10-8-16)30(33)34/h3-13H,2,14-15H2,1H3/b23-13-. The largest absolute Gasteiger partial charge is 0.490 e. The Bertz CT molecular complexity index is 1400. The summed E-state index contributed by atoms with van der Waals surface area (Å²) in [5.41, 5.74) is 2.08. The van der Waals surface area contributed by atoms with Crippen LogP contribution in [0.2, 0.25) is 5.02 Å². The van der Waals surface area contributed by atoms with Crippen molar-refractivity contribution < 1.29 is 24.0 Å². The Kier molecular flexibility index (Phi) is 8.72. The molecule has 1 aliphatic heterocycles. The van der Waals surface area contributed by atoms with E-state index in [-0.39, 0.29) is 23.7 Å². The summed E-state index contributed by atoms with van der Waals surface area (Å²) in [6, 6.07) is 16.8. The molecule has 0 N–H and O–H groups in total. The number of halogens is 2. The van der Waals surface area contributed by atoms with Gasteiger partial charge in [0.25, 0.3) is 16.8 Å². The van der Waals surface area contributed by atoms with Crippen molar-refractivity contribution in [2.45, 2.75) is 20.1 Å². The van der Waals surface area contributed by atoms with Crippen molar-refractivity contribution in [3.63, 3.8) is 0 Å². The van der Waals surface area contributed by atoms with E-state index >= 15 is 0 Å². The second-order valence-corrected chi connectivity index (χ2v) is 10.4. The van der Waals surface area contributed by atoms with Crippen LogP contribution in [0.15, 0.2) is 65.6 Å². The minimum Gasteiger partial charge on any atom is -0.490 e. The number of rotatable bonds is 9. The van der Waals surface area contributed by atoms with Crippen LogP contribution in [-0.4, -0.2) is 27.6 Å². The summed E-state index contributed by atoms with van der Waals surface area (Å²) < 4.78 is 12.6. The zero-order valence-corrected chi connectivity index (χ0v) is 23.2. The van der Waals surface area contributed by atoms with Crippen molar-refractivity contribution >= 4 is 68.9 Å². The Morgan fingerprint density at radius 2 is 1.84 bits per heavy atom. The average Bonchev–Trinajstić information content (AvgIpc) is 3.12. The molecule has 3 aromatic carbocycles. The van der Waals surface area contributed by atoms with E-state index in [0.29, 0.717) is 34.3 Å². The minimum atomic E-state index is -0.502. The monoisotopic (exact) mass is 650 g/mol. The van der Waals surface area contributed by atoms with Crippen molar-refractivity contribution in [3.8, 4) is 11.5 Å². The van der Waals surface area contributed by atoms with Gasteiger partial charge in [-0.15, -0.1) is 0 Å². The third-order valence-electron chi connectivity index (χ3n) is 5.32. The summed E-state index contributed by atoms with van der Waals surface area (Å²) in [5, 5.41) is 11.1. The van der Waals surface area contributed by atoms with E-state index in [1.807, 2.05) is 31.2 Å². The molecular weight excluding hydrogens is 631 g/mol. The fourth-order valence-corrected chi connectivity index (χ4v) is 5.34. The molecule has 0 spiro atoms. The van der Waals surface area contributed by atoms with Gasteiger partial charge in [-0.2, -0.15) is 0 Å². The highest BCUT2D eigenvalue weighted by atomic mass is 127. The van der Waals surface area contributed by atoms with Gasteiger partial charge in [0.05, 0.1) is 26.6 Å². The number of hydrogen-bond acceptors (Lipinski definition) is 7. The Balaban J connectivity index is 1.54. The molecule has 0 aliphatic carbocycles. The number of benzene rings is 3. The number of thioether (sulfide) groups is 1. The van der Waals surface area contributed by atoms with Gasteiger partial charge in [0.15, 0.2) is 11.5 Å². The molecule has 2 amide bonds. The van der Waals surface area contributed by atoms with E-state index in [9.17, 15) is 19.7 Å². The molecule has 1 heterocycles. The maximum Gasteiger partial charge on any atom is 0.293 e. The van der Waals surface area contributed by atoms with Crippen molar-refractivity contribution in [2.75, 3.05) is 6.61 Å². The van der Waals surface area contributed by atoms with E-state index in [0.717, 1.165) is 25.8 Å². The number of carbonyl (C=O) groups is 2. The molecule has 37 heavy (non-hydrogen) atoms. The third kappa shape index (κ3) is 6.43. The van der Waals surface area contributed by atoms with Crippen molar-refractivity contribution in [3.05, 3.63) is 101 Å². The molecule has 0 saturated carbocycles. The first-order valence-corrected chi connectivity index (χ1v) is 13.4. The minimum absolute atomic E-state index is 0.0244.